The summed E-state index contributed by atoms with van der Waals surface area (Å²) in [5.41, 5.74) is 0.790. The largest absolute Gasteiger partial charge is 0.311 e. The maximum atomic E-state index is 12.0. The first-order valence-electron chi connectivity index (χ1n) is 5.85. The smallest absolute Gasteiger partial charge is 0.226 e. The molecular weight excluding hydrogens is 307 g/mol. The van der Waals surface area contributed by atoms with Gasteiger partial charge in [0.15, 0.2) is 0 Å². The van der Waals surface area contributed by atoms with Gasteiger partial charge in [0.2, 0.25) is 5.91 Å². The number of halogens is 3. The number of amides is 1. The number of hydrogen-bond donors (Lipinski definition) is 0. The number of likely N-dealkylation sites (N-methyl/N-ethyl adjacent to an activating group) is 1. The molecule has 0 aromatic heterocycles. The maximum Gasteiger partial charge on any atom is 0.226 e. The summed E-state index contributed by atoms with van der Waals surface area (Å²) >= 11 is 11.9. The second kappa shape index (κ2) is 8.64. The summed E-state index contributed by atoms with van der Waals surface area (Å²) in [6.45, 7) is 3.28. The Hall–Kier alpha value is -0.480. The molecule has 0 fully saturated rings. The molecule has 0 radical (unpaired) electrons. The number of carbonyl (C=O) groups excluding carboxylic acids is 1. The van der Waals surface area contributed by atoms with Gasteiger partial charge >= 0.3 is 0 Å². The average Bonchev–Trinajstić information content (AvgIpc) is 2.33. The van der Waals surface area contributed by atoms with Crippen molar-refractivity contribution in [2.75, 3.05) is 32.1 Å². The van der Waals surface area contributed by atoms with Crippen molar-refractivity contribution in [3.63, 3.8) is 0 Å². The predicted molar refractivity (Wildman–Crippen MR) is 84.9 cm³/mol. The summed E-state index contributed by atoms with van der Waals surface area (Å²) in [7, 11) is 3.95. The van der Waals surface area contributed by atoms with Gasteiger partial charge in [0.1, 0.15) is 0 Å². The van der Waals surface area contributed by atoms with Crippen LogP contribution in [0.5, 0.6) is 0 Å². The van der Waals surface area contributed by atoms with E-state index in [0.717, 1.165) is 12.2 Å². The van der Waals surface area contributed by atoms with E-state index in [2.05, 4.69) is 0 Å². The van der Waals surface area contributed by atoms with Crippen molar-refractivity contribution in [1.29, 1.82) is 0 Å². The Balaban J connectivity index is 0.00000324. The van der Waals surface area contributed by atoms with Gasteiger partial charge in [-0.3, -0.25) is 4.79 Å². The summed E-state index contributed by atoms with van der Waals surface area (Å²) in [5, 5.41) is 0.963. The molecule has 1 rings (SSSR count). The summed E-state index contributed by atoms with van der Waals surface area (Å²) in [5.74, 6) is 0.0789. The van der Waals surface area contributed by atoms with Crippen LogP contribution >= 0.6 is 35.6 Å². The van der Waals surface area contributed by atoms with Gasteiger partial charge in [-0.15, -0.1) is 12.4 Å². The quantitative estimate of drug-likeness (QED) is 0.824. The molecule has 0 spiro atoms. The topological polar surface area (TPSA) is 23.6 Å². The number of benzene rings is 1. The Morgan fingerprint density at radius 2 is 1.79 bits per heavy atom. The molecule has 0 aliphatic heterocycles. The SMILES string of the molecule is CCC(=O)N(CCN(C)C)c1ccc(Cl)c(Cl)c1.Cl. The van der Waals surface area contributed by atoms with Crippen LogP contribution in [0, 0.1) is 0 Å². The van der Waals surface area contributed by atoms with Crippen molar-refractivity contribution >= 4 is 47.2 Å². The third kappa shape index (κ3) is 5.57. The lowest BCUT2D eigenvalue weighted by Crippen LogP contribution is -2.36. The van der Waals surface area contributed by atoms with Gasteiger partial charge in [-0.1, -0.05) is 30.1 Å². The molecule has 0 unspecified atom stereocenters. The number of carbonyl (C=O) groups is 1. The van der Waals surface area contributed by atoms with Crippen LogP contribution in [0.2, 0.25) is 10.0 Å². The van der Waals surface area contributed by atoms with E-state index < -0.39 is 0 Å². The Bertz CT molecular complexity index is 424. The van der Waals surface area contributed by atoms with Crippen LogP contribution in [0.4, 0.5) is 5.69 Å². The first-order chi connectivity index (χ1) is 8.45. The fraction of sp³-hybridized carbons (Fsp3) is 0.462. The first-order valence-corrected chi connectivity index (χ1v) is 6.61. The van der Waals surface area contributed by atoms with Crippen molar-refractivity contribution in [3.8, 4) is 0 Å². The molecule has 0 saturated heterocycles. The second-order valence-corrected chi connectivity index (χ2v) is 5.12. The number of rotatable bonds is 5. The van der Waals surface area contributed by atoms with Crippen LogP contribution in [0.25, 0.3) is 0 Å². The van der Waals surface area contributed by atoms with E-state index in [1.165, 1.54) is 0 Å². The standard InChI is InChI=1S/C13H18Cl2N2O.ClH/c1-4-13(18)17(8-7-16(2)3)10-5-6-11(14)12(15)9-10;/h5-6,9H,4,7-8H2,1-3H3;1H. The minimum Gasteiger partial charge on any atom is -0.311 e. The van der Waals surface area contributed by atoms with Crippen molar-refractivity contribution in [1.82, 2.24) is 4.90 Å². The molecule has 3 nitrogen and oxygen atoms in total. The normalized spacial score (nSPS) is 10.2. The molecule has 1 aromatic rings. The average molecular weight is 326 g/mol. The number of nitrogens with zero attached hydrogens (tertiary/aromatic N) is 2. The molecule has 6 heteroatoms. The zero-order valence-electron chi connectivity index (χ0n) is 11.3. The highest BCUT2D eigenvalue weighted by Crippen LogP contribution is 2.27. The zero-order valence-corrected chi connectivity index (χ0v) is 13.6. The van der Waals surface area contributed by atoms with Crippen molar-refractivity contribution in [3.05, 3.63) is 28.2 Å². The predicted octanol–water partition coefficient (Wildman–Crippen LogP) is 3.72. The molecule has 0 N–H and O–H groups in total. The summed E-state index contributed by atoms with van der Waals surface area (Å²) in [6, 6.07) is 5.26. The summed E-state index contributed by atoms with van der Waals surface area (Å²) < 4.78 is 0. The summed E-state index contributed by atoms with van der Waals surface area (Å²) in [6.07, 6.45) is 0.466. The van der Waals surface area contributed by atoms with E-state index in [-0.39, 0.29) is 18.3 Å². The Morgan fingerprint density at radius 1 is 1.16 bits per heavy atom. The molecule has 108 valence electrons. The van der Waals surface area contributed by atoms with E-state index >= 15 is 0 Å². The second-order valence-electron chi connectivity index (χ2n) is 4.30. The van der Waals surface area contributed by atoms with Crippen LogP contribution in [0.1, 0.15) is 13.3 Å². The zero-order chi connectivity index (χ0) is 13.7. The van der Waals surface area contributed by atoms with Crippen LogP contribution in [-0.4, -0.2) is 38.0 Å². The summed E-state index contributed by atoms with van der Waals surface area (Å²) in [4.78, 5) is 15.7. The Labute approximate surface area is 130 Å². The van der Waals surface area contributed by atoms with Crippen LogP contribution in [0.15, 0.2) is 18.2 Å². The van der Waals surface area contributed by atoms with Gasteiger partial charge in [0.05, 0.1) is 10.0 Å². The molecular formula is C13H19Cl3N2O. The van der Waals surface area contributed by atoms with Gasteiger partial charge in [-0.2, -0.15) is 0 Å². The van der Waals surface area contributed by atoms with Crippen LogP contribution in [0.3, 0.4) is 0 Å². The highest BCUT2D eigenvalue weighted by molar-refractivity contribution is 6.42. The fourth-order valence-corrected chi connectivity index (χ4v) is 1.83. The number of anilines is 1. The molecule has 0 saturated carbocycles. The molecule has 0 bridgehead atoms. The Morgan fingerprint density at radius 3 is 2.26 bits per heavy atom. The molecule has 1 aromatic carbocycles. The lowest BCUT2D eigenvalue weighted by molar-refractivity contribution is -0.118. The Kier molecular flexibility index (Phi) is 8.42. The van der Waals surface area contributed by atoms with Crippen molar-refractivity contribution < 1.29 is 4.79 Å². The monoisotopic (exact) mass is 324 g/mol. The third-order valence-electron chi connectivity index (χ3n) is 2.59. The maximum absolute atomic E-state index is 12.0. The van der Waals surface area contributed by atoms with E-state index in [0.29, 0.717) is 23.0 Å². The molecule has 19 heavy (non-hydrogen) atoms. The molecule has 0 atom stereocenters. The lowest BCUT2D eigenvalue weighted by atomic mass is 10.2. The van der Waals surface area contributed by atoms with Crippen molar-refractivity contribution in [2.24, 2.45) is 0 Å². The minimum atomic E-state index is 0. The van der Waals surface area contributed by atoms with Gasteiger partial charge in [0.25, 0.3) is 0 Å². The van der Waals surface area contributed by atoms with Gasteiger partial charge in [0, 0.05) is 25.2 Å². The third-order valence-corrected chi connectivity index (χ3v) is 3.33. The van der Waals surface area contributed by atoms with Crippen molar-refractivity contribution in [2.45, 2.75) is 13.3 Å². The fourth-order valence-electron chi connectivity index (χ4n) is 1.54. The van der Waals surface area contributed by atoms with Crippen LogP contribution < -0.4 is 4.90 Å². The van der Waals surface area contributed by atoms with Crippen LogP contribution in [-0.2, 0) is 4.79 Å². The molecule has 1 amide bonds. The van der Waals surface area contributed by atoms with E-state index in [9.17, 15) is 4.79 Å². The molecule has 0 heterocycles. The van der Waals surface area contributed by atoms with Gasteiger partial charge in [-0.05, 0) is 32.3 Å². The highest BCUT2D eigenvalue weighted by atomic mass is 35.5. The lowest BCUT2D eigenvalue weighted by Gasteiger charge is -2.24. The van der Waals surface area contributed by atoms with E-state index in [1.807, 2.05) is 32.0 Å². The van der Waals surface area contributed by atoms with E-state index in [4.69, 9.17) is 23.2 Å². The highest BCUT2D eigenvalue weighted by Gasteiger charge is 2.15. The first kappa shape index (κ1) is 18.5. The number of hydrogen-bond acceptors (Lipinski definition) is 2. The molecule has 0 aliphatic carbocycles. The van der Waals surface area contributed by atoms with Gasteiger partial charge in [-0.25, -0.2) is 0 Å². The minimum absolute atomic E-state index is 0. The van der Waals surface area contributed by atoms with E-state index in [1.54, 1.807) is 17.0 Å². The molecule has 0 aliphatic rings. The van der Waals surface area contributed by atoms with Gasteiger partial charge < -0.3 is 9.80 Å².